The summed E-state index contributed by atoms with van der Waals surface area (Å²) in [6.45, 7) is 2.75. The van der Waals surface area contributed by atoms with Crippen molar-refractivity contribution < 1.29 is 9.53 Å². The number of ether oxygens (including phenoxy) is 1. The van der Waals surface area contributed by atoms with Gasteiger partial charge in [0, 0.05) is 0 Å². The van der Waals surface area contributed by atoms with Crippen LogP contribution in [-0.4, -0.2) is 12.6 Å². The van der Waals surface area contributed by atoms with Crippen molar-refractivity contribution in [3.63, 3.8) is 0 Å². The van der Waals surface area contributed by atoms with E-state index in [1.54, 1.807) is 0 Å². The fraction of sp³-hybridized carbons (Fsp3) is 0.400. The van der Waals surface area contributed by atoms with Gasteiger partial charge in [0.1, 0.15) is 0 Å². The molecule has 3 rings (SSSR count). The predicted octanol–water partition coefficient (Wildman–Crippen LogP) is 7.45. The topological polar surface area (TPSA) is 61.3 Å². The summed E-state index contributed by atoms with van der Waals surface area (Å²) in [5.41, 5.74) is 0.697. The molecule has 3 heteroatoms. The first-order chi connectivity index (χ1) is 13.3. The molecule has 0 saturated carbocycles. The Morgan fingerprint density at radius 3 is 1.82 bits per heavy atom. The number of hydrogen-bond donors (Lipinski definition) is 1. The van der Waals surface area contributed by atoms with E-state index in [2.05, 4.69) is 25.1 Å². The lowest BCUT2D eigenvalue weighted by Crippen LogP contribution is -2.08. The summed E-state index contributed by atoms with van der Waals surface area (Å²) in [7, 11) is 0. The van der Waals surface area contributed by atoms with E-state index < -0.39 is 0 Å². The normalized spacial score (nSPS) is 10.8. The van der Waals surface area contributed by atoms with Crippen molar-refractivity contribution >= 4 is 27.5 Å². The molecular formula is C25H33NO2. The Morgan fingerprint density at radius 2 is 1.25 bits per heavy atom. The first-order valence-electron chi connectivity index (χ1n) is 10.4. The minimum Gasteiger partial charge on any atom is -0.462 e. The van der Waals surface area contributed by atoms with Gasteiger partial charge in [-0.1, -0.05) is 100 Å². The maximum Gasteiger partial charge on any atom is 0.339 e. The van der Waals surface area contributed by atoms with Gasteiger partial charge >= 0.3 is 5.97 Å². The molecule has 0 amide bonds. The largest absolute Gasteiger partial charge is 0.462 e. The predicted molar refractivity (Wildman–Crippen MR) is 119 cm³/mol. The molecule has 0 fully saturated rings. The Labute approximate surface area is 168 Å². The lowest BCUT2D eigenvalue weighted by atomic mass is 9.97. The molecule has 0 atom stereocenters. The van der Waals surface area contributed by atoms with Crippen LogP contribution in [0.25, 0.3) is 21.5 Å². The number of rotatable bonds is 10. The number of fused-ring (bicyclic) bond motifs is 2. The number of hydrogen-bond acceptors (Lipinski definition) is 3. The van der Waals surface area contributed by atoms with E-state index in [0.29, 0.717) is 12.2 Å². The van der Waals surface area contributed by atoms with Gasteiger partial charge in [0.05, 0.1) is 12.2 Å². The minimum absolute atomic E-state index is 0. The third-order valence-electron chi connectivity index (χ3n) is 5.21. The maximum atomic E-state index is 12.9. The molecule has 3 nitrogen and oxygen atoms in total. The molecule has 0 aliphatic rings. The van der Waals surface area contributed by atoms with Crippen LogP contribution in [0.3, 0.4) is 0 Å². The molecule has 0 bridgehead atoms. The molecule has 0 heterocycles. The number of unbranched alkanes of at least 4 members (excludes halogenated alkanes) is 7. The third-order valence-corrected chi connectivity index (χ3v) is 5.21. The summed E-state index contributed by atoms with van der Waals surface area (Å²) in [4.78, 5) is 12.9. The molecule has 0 aliphatic heterocycles. The number of carbonyl (C=O) groups excluding carboxylic acids is 1. The highest BCUT2D eigenvalue weighted by Crippen LogP contribution is 2.29. The van der Waals surface area contributed by atoms with E-state index in [1.165, 1.54) is 38.5 Å². The molecule has 0 saturated heterocycles. The van der Waals surface area contributed by atoms with Gasteiger partial charge in [0.25, 0.3) is 0 Å². The van der Waals surface area contributed by atoms with E-state index in [0.717, 1.165) is 34.4 Å². The average molecular weight is 380 g/mol. The van der Waals surface area contributed by atoms with E-state index in [9.17, 15) is 4.79 Å². The first kappa shape index (κ1) is 21.9. The van der Waals surface area contributed by atoms with Gasteiger partial charge in [-0.3, -0.25) is 0 Å². The monoisotopic (exact) mass is 379 g/mol. The van der Waals surface area contributed by atoms with Gasteiger partial charge in [0.2, 0.25) is 0 Å². The second-order valence-electron chi connectivity index (χ2n) is 7.30. The number of esters is 1. The molecule has 0 aliphatic carbocycles. The van der Waals surface area contributed by atoms with Gasteiger partial charge in [-0.2, -0.15) is 0 Å². The lowest BCUT2D eigenvalue weighted by molar-refractivity contribution is 0.0502. The van der Waals surface area contributed by atoms with Crippen LogP contribution in [0.5, 0.6) is 0 Å². The summed E-state index contributed by atoms with van der Waals surface area (Å²) in [5.74, 6) is -0.203. The van der Waals surface area contributed by atoms with E-state index in [1.807, 2.05) is 36.4 Å². The Kier molecular flexibility index (Phi) is 8.96. The van der Waals surface area contributed by atoms with Crippen LogP contribution in [0.2, 0.25) is 0 Å². The van der Waals surface area contributed by atoms with Gasteiger partial charge < -0.3 is 10.9 Å². The second kappa shape index (κ2) is 11.5. The van der Waals surface area contributed by atoms with Crippen LogP contribution in [-0.2, 0) is 4.74 Å². The highest BCUT2D eigenvalue weighted by Gasteiger charge is 2.15. The zero-order valence-electron chi connectivity index (χ0n) is 17.1. The van der Waals surface area contributed by atoms with Gasteiger partial charge in [-0.05, 0) is 34.0 Å². The summed E-state index contributed by atoms with van der Waals surface area (Å²) in [5, 5.41) is 4.10. The van der Waals surface area contributed by atoms with E-state index in [-0.39, 0.29) is 12.1 Å². The van der Waals surface area contributed by atoms with Crippen molar-refractivity contribution in [3.05, 3.63) is 60.2 Å². The molecule has 150 valence electrons. The quantitative estimate of drug-likeness (QED) is 0.226. The second-order valence-corrected chi connectivity index (χ2v) is 7.30. The minimum atomic E-state index is -0.203. The summed E-state index contributed by atoms with van der Waals surface area (Å²) in [6.07, 6.45) is 9.92. The fourth-order valence-corrected chi connectivity index (χ4v) is 3.71. The van der Waals surface area contributed by atoms with Gasteiger partial charge in [-0.25, -0.2) is 4.79 Å². The van der Waals surface area contributed by atoms with Crippen LogP contribution in [0.15, 0.2) is 54.6 Å². The van der Waals surface area contributed by atoms with Crippen molar-refractivity contribution in [2.45, 2.75) is 58.3 Å². The Morgan fingerprint density at radius 1 is 0.750 bits per heavy atom. The number of carbonyl (C=O) groups is 1. The van der Waals surface area contributed by atoms with Crippen molar-refractivity contribution in [1.82, 2.24) is 6.15 Å². The first-order valence-corrected chi connectivity index (χ1v) is 10.4. The van der Waals surface area contributed by atoms with E-state index in [4.69, 9.17) is 4.74 Å². The molecule has 3 aromatic carbocycles. The van der Waals surface area contributed by atoms with Gasteiger partial charge in [0.15, 0.2) is 0 Å². The highest BCUT2D eigenvalue weighted by atomic mass is 16.5. The molecule has 0 radical (unpaired) electrons. The van der Waals surface area contributed by atoms with Crippen LogP contribution in [0.4, 0.5) is 0 Å². The summed E-state index contributed by atoms with van der Waals surface area (Å²) < 4.78 is 5.65. The van der Waals surface area contributed by atoms with Crippen LogP contribution in [0.1, 0.15) is 68.6 Å². The van der Waals surface area contributed by atoms with Crippen molar-refractivity contribution in [2.75, 3.05) is 6.61 Å². The molecule has 3 N–H and O–H groups in total. The van der Waals surface area contributed by atoms with Crippen LogP contribution in [0, 0.1) is 0 Å². The summed E-state index contributed by atoms with van der Waals surface area (Å²) in [6, 6.07) is 18.2. The zero-order valence-corrected chi connectivity index (χ0v) is 17.1. The SMILES string of the molecule is CCCCCCCCCCOC(=O)c1c2ccccc2cc2ccccc12.N. The van der Waals surface area contributed by atoms with Crippen molar-refractivity contribution in [1.29, 1.82) is 0 Å². The Balaban J connectivity index is 0.00000280. The van der Waals surface area contributed by atoms with Gasteiger partial charge in [-0.15, -0.1) is 0 Å². The lowest BCUT2D eigenvalue weighted by Gasteiger charge is -2.11. The number of benzene rings is 3. The Hall–Kier alpha value is -2.39. The van der Waals surface area contributed by atoms with Crippen molar-refractivity contribution in [3.8, 4) is 0 Å². The zero-order chi connectivity index (χ0) is 18.9. The molecule has 3 aromatic rings. The molecular weight excluding hydrogens is 346 g/mol. The third kappa shape index (κ3) is 5.56. The van der Waals surface area contributed by atoms with Crippen LogP contribution >= 0.6 is 0 Å². The van der Waals surface area contributed by atoms with Crippen LogP contribution < -0.4 is 6.15 Å². The smallest absolute Gasteiger partial charge is 0.339 e. The summed E-state index contributed by atoms with van der Waals surface area (Å²) >= 11 is 0. The standard InChI is InChI=1S/C25H30O2.H3N/c1-2-3-4-5-6-7-8-13-18-27-25(26)24-22-16-11-9-14-20(22)19-21-15-10-12-17-23(21)24;/h9-12,14-17,19H,2-8,13,18H2,1H3;1H3. The van der Waals surface area contributed by atoms with E-state index >= 15 is 0 Å². The molecule has 0 aromatic heterocycles. The molecule has 0 spiro atoms. The maximum absolute atomic E-state index is 12.9. The molecule has 28 heavy (non-hydrogen) atoms. The molecule has 0 unspecified atom stereocenters. The van der Waals surface area contributed by atoms with Crippen molar-refractivity contribution in [2.24, 2.45) is 0 Å². The highest BCUT2D eigenvalue weighted by molar-refractivity contribution is 6.16. The fourth-order valence-electron chi connectivity index (χ4n) is 3.71. The Bertz CT molecular complexity index is 834. The average Bonchev–Trinajstić information content (AvgIpc) is 2.70.